The van der Waals surface area contributed by atoms with Crippen molar-refractivity contribution < 1.29 is 4.68 Å². The molecule has 0 saturated heterocycles. The molecule has 5 nitrogen and oxygen atoms in total. The van der Waals surface area contributed by atoms with E-state index in [1.54, 1.807) is 6.21 Å². The zero-order valence-electron chi connectivity index (χ0n) is 15.6. The van der Waals surface area contributed by atoms with Gasteiger partial charge in [-0.05, 0) is 42.0 Å². The SMILES string of the molecule is NC(=S)NN=Cc1ccc(-[n+]2[nH]c(-c3ccccc3)cc2-c2ccccc2)cc1. The third-order valence-electron chi connectivity index (χ3n) is 4.45. The van der Waals surface area contributed by atoms with Crippen LogP contribution >= 0.6 is 12.2 Å². The Morgan fingerprint density at radius 3 is 2.14 bits per heavy atom. The van der Waals surface area contributed by atoms with E-state index in [1.165, 1.54) is 0 Å². The van der Waals surface area contributed by atoms with Gasteiger partial charge in [-0.1, -0.05) is 53.2 Å². The van der Waals surface area contributed by atoms with Crippen LogP contribution in [0.5, 0.6) is 0 Å². The zero-order chi connectivity index (χ0) is 20.1. The molecular formula is C23H20N5S+. The summed E-state index contributed by atoms with van der Waals surface area (Å²) in [5, 5.41) is 7.66. The van der Waals surface area contributed by atoms with Crippen LogP contribution in [0.4, 0.5) is 0 Å². The van der Waals surface area contributed by atoms with Crippen molar-refractivity contribution in [2.75, 3.05) is 0 Å². The molecule has 142 valence electrons. The molecule has 0 amide bonds. The maximum absolute atomic E-state index is 5.38. The van der Waals surface area contributed by atoms with E-state index in [0.717, 1.165) is 33.8 Å². The van der Waals surface area contributed by atoms with Gasteiger partial charge in [0.25, 0.3) is 0 Å². The third kappa shape index (κ3) is 4.39. The molecule has 4 rings (SSSR count). The highest BCUT2D eigenvalue weighted by Gasteiger charge is 2.21. The van der Waals surface area contributed by atoms with Gasteiger partial charge >= 0.3 is 0 Å². The smallest absolute Gasteiger partial charge is 0.245 e. The van der Waals surface area contributed by atoms with E-state index < -0.39 is 0 Å². The van der Waals surface area contributed by atoms with Crippen LogP contribution in [0.25, 0.3) is 28.2 Å². The first-order valence-electron chi connectivity index (χ1n) is 9.15. The maximum Gasteiger partial charge on any atom is 0.245 e. The van der Waals surface area contributed by atoms with Crippen molar-refractivity contribution in [2.45, 2.75) is 0 Å². The largest absolute Gasteiger partial charge is 0.375 e. The normalized spacial score (nSPS) is 10.9. The van der Waals surface area contributed by atoms with Gasteiger partial charge in [0.05, 0.1) is 6.21 Å². The van der Waals surface area contributed by atoms with Crippen molar-refractivity contribution in [1.29, 1.82) is 0 Å². The van der Waals surface area contributed by atoms with E-state index in [0.29, 0.717) is 0 Å². The summed E-state index contributed by atoms with van der Waals surface area (Å²) in [6.07, 6.45) is 1.68. The highest BCUT2D eigenvalue weighted by Crippen LogP contribution is 2.23. The molecule has 29 heavy (non-hydrogen) atoms. The van der Waals surface area contributed by atoms with Crippen LogP contribution in [0.3, 0.4) is 0 Å². The Morgan fingerprint density at radius 2 is 1.52 bits per heavy atom. The molecule has 1 heterocycles. The number of hydrazone groups is 1. The van der Waals surface area contributed by atoms with Crippen molar-refractivity contribution >= 4 is 23.5 Å². The van der Waals surface area contributed by atoms with Crippen molar-refractivity contribution in [3.8, 4) is 28.2 Å². The number of aromatic amines is 1. The minimum atomic E-state index is 0.140. The average molecular weight is 399 g/mol. The lowest BCUT2D eigenvalue weighted by molar-refractivity contribution is -0.643. The molecule has 0 aliphatic rings. The number of aromatic nitrogens is 2. The van der Waals surface area contributed by atoms with Crippen LogP contribution in [0.1, 0.15) is 5.56 Å². The maximum atomic E-state index is 5.38. The predicted molar refractivity (Wildman–Crippen MR) is 121 cm³/mol. The molecule has 0 fully saturated rings. The summed E-state index contributed by atoms with van der Waals surface area (Å²) in [6, 6.07) is 30.9. The summed E-state index contributed by atoms with van der Waals surface area (Å²) in [5.41, 5.74) is 14.3. The van der Waals surface area contributed by atoms with Gasteiger partial charge in [-0.2, -0.15) is 10.2 Å². The number of nitrogens with zero attached hydrogens (tertiary/aromatic N) is 2. The van der Waals surface area contributed by atoms with E-state index in [-0.39, 0.29) is 5.11 Å². The van der Waals surface area contributed by atoms with Crippen molar-refractivity contribution in [3.63, 3.8) is 0 Å². The Morgan fingerprint density at radius 1 is 0.897 bits per heavy atom. The molecule has 0 radical (unpaired) electrons. The topological polar surface area (TPSA) is 70.1 Å². The van der Waals surface area contributed by atoms with Crippen LogP contribution in [0.2, 0.25) is 0 Å². The van der Waals surface area contributed by atoms with Gasteiger partial charge in [0.2, 0.25) is 11.4 Å². The van der Waals surface area contributed by atoms with Crippen LogP contribution < -0.4 is 15.8 Å². The summed E-state index contributed by atoms with van der Waals surface area (Å²) in [5.74, 6) is 0. The second-order valence-electron chi connectivity index (χ2n) is 6.45. The fourth-order valence-electron chi connectivity index (χ4n) is 3.08. The first-order chi connectivity index (χ1) is 14.2. The molecule has 0 unspecified atom stereocenters. The molecule has 0 atom stereocenters. The number of nitrogens with two attached hydrogens (primary N) is 1. The number of benzene rings is 3. The van der Waals surface area contributed by atoms with Crippen LogP contribution in [-0.4, -0.2) is 16.4 Å². The van der Waals surface area contributed by atoms with Gasteiger partial charge in [-0.3, -0.25) is 5.43 Å². The summed E-state index contributed by atoms with van der Waals surface area (Å²) in [4.78, 5) is 0. The molecule has 0 aliphatic heterocycles. The van der Waals surface area contributed by atoms with Gasteiger partial charge in [0.15, 0.2) is 5.11 Å². The Balaban J connectivity index is 1.73. The molecule has 0 bridgehead atoms. The highest BCUT2D eigenvalue weighted by molar-refractivity contribution is 7.80. The third-order valence-corrected chi connectivity index (χ3v) is 4.54. The zero-order valence-corrected chi connectivity index (χ0v) is 16.4. The van der Waals surface area contributed by atoms with Gasteiger partial charge in [0, 0.05) is 29.3 Å². The number of H-pyrrole nitrogens is 1. The molecular weight excluding hydrogens is 378 g/mol. The average Bonchev–Trinajstić information content (AvgIpc) is 3.21. The van der Waals surface area contributed by atoms with E-state index in [1.807, 2.05) is 60.7 Å². The van der Waals surface area contributed by atoms with Gasteiger partial charge in [-0.25, -0.2) is 0 Å². The predicted octanol–water partition coefficient (Wildman–Crippen LogP) is 3.79. The van der Waals surface area contributed by atoms with Crippen LogP contribution in [0, 0.1) is 0 Å². The minimum Gasteiger partial charge on any atom is -0.375 e. The lowest BCUT2D eigenvalue weighted by atomic mass is 10.1. The Hall–Kier alpha value is -3.77. The molecule has 4 N–H and O–H groups in total. The molecule has 4 aromatic rings. The quantitative estimate of drug-likeness (QED) is 0.207. The second kappa shape index (κ2) is 8.50. The van der Waals surface area contributed by atoms with Gasteiger partial charge in [0.1, 0.15) is 5.69 Å². The monoisotopic (exact) mass is 398 g/mol. The lowest BCUT2D eigenvalue weighted by Crippen LogP contribution is -2.34. The van der Waals surface area contributed by atoms with Crippen molar-refractivity contribution in [3.05, 3.63) is 96.6 Å². The lowest BCUT2D eigenvalue weighted by Gasteiger charge is -1.99. The van der Waals surface area contributed by atoms with Gasteiger partial charge in [-0.15, -0.1) is 0 Å². The highest BCUT2D eigenvalue weighted by atomic mass is 32.1. The fourth-order valence-corrected chi connectivity index (χ4v) is 3.14. The van der Waals surface area contributed by atoms with Crippen LogP contribution in [0.15, 0.2) is 96.1 Å². The molecule has 0 saturated carbocycles. The molecule has 6 heteroatoms. The Labute approximate surface area is 174 Å². The number of hydrogen-bond acceptors (Lipinski definition) is 2. The van der Waals surface area contributed by atoms with Crippen LogP contribution in [-0.2, 0) is 0 Å². The Bertz CT molecular complexity index is 1130. The van der Waals surface area contributed by atoms with E-state index in [9.17, 15) is 0 Å². The molecule has 1 aromatic heterocycles. The second-order valence-corrected chi connectivity index (χ2v) is 6.89. The number of thiocarbonyl (C=S) groups is 1. The number of rotatable bonds is 5. The van der Waals surface area contributed by atoms with E-state index in [4.69, 9.17) is 18.0 Å². The number of nitrogens with one attached hydrogen (secondary N) is 2. The summed E-state index contributed by atoms with van der Waals surface area (Å²) >= 11 is 4.74. The van der Waals surface area contributed by atoms with E-state index in [2.05, 4.69) is 50.6 Å². The summed E-state index contributed by atoms with van der Waals surface area (Å²) < 4.78 is 2.09. The molecule has 0 aliphatic carbocycles. The van der Waals surface area contributed by atoms with Crippen molar-refractivity contribution in [2.24, 2.45) is 10.8 Å². The minimum absolute atomic E-state index is 0.140. The van der Waals surface area contributed by atoms with Crippen molar-refractivity contribution in [1.82, 2.24) is 10.5 Å². The van der Waals surface area contributed by atoms with E-state index >= 15 is 0 Å². The molecule has 0 spiro atoms. The number of hydrogen-bond donors (Lipinski definition) is 3. The first-order valence-corrected chi connectivity index (χ1v) is 9.56. The first kappa shape index (κ1) is 18.6. The standard InChI is InChI=1S/C23H19N5S/c24-23(29)26-25-16-17-11-13-20(14-12-17)28-22(19-9-5-2-6-10-19)15-21(27-28)18-7-3-1-4-8-18/h1-16H,(H3,24,26,29)/p+1. The fraction of sp³-hybridized carbons (Fsp3) is 0. The Kier molecular flexibility index (Phi) is 5.45. The van der Waals surface area contributed by atoms with Gasteiger partial charge < -0.3 is 5.73 Å². The summed E-state index contributed by atoms with van der Waals surface area (Å²) in [7, 11) is 0. The molecule has 3 aromatic carbocycles. The summed E-state index contributed by atoms with van der Waals surface area (Å²) in [6.45, 7) is 0.